The van der Waals surface area contributed by atoms with Gasteiger partial charge in [0.2, 0.25) is 0 Å². The van der Waals surface area contributed by atoms with Gasteiger partial charge in [-0.05, 0) is 73.0 Å². The molecule has 0 amide bonds. The molecule has 0 unspecified atom stereocenters. The van der Waals surface area contributed by atoms with Gasteiger partial charge in [-0.2, -0.15) is 0 Å². The molecule has 2 heteroatoms. The largest absolute Gasteiger partial charge is 0.488 e. The molecule has 70 valence electrons. The lowest BCUT2D eigenvalue weighted by atomic mass is 9.94. The Morgan fingerprint density at radius 3 is 2.92 bits per heavy atom. The van der Waals surface area contributed by atoms with Gasteiger partial charge in [0.15, 0.2) is 0 Å². The summed E-state index contributed by atoms with van der Waals surface area (Å²) in [5, 5.41) is 0. The molecule has 1 aromatic carbocycles. The fourth-order valence-corrected chi connectivity index (χ4v) is 2.18. The maximum absolute atomic E-state index is 5.87. The Kier molecular flexibility index (Phi) is 2.26. The van der Waals surface area contributed by atoms with Crippen molar-refractivity contribution in [1.82, 2.24) is 0 Å². The van der Waals surface area contributed by atoms with E-state index in [0.717, 1.165) is 18.6 Å². The van der Waals surface area contributed by atoms with Gasteiger partial charge in [-0.15, -0.1) is 0 Å². The molecule has 1 heterocycles. The number of halogens is 1. The Bertz CT molecular complexity index is 331. The summed E-state index contributed by atoms with van der Waals surface area (Å²) in [6.45, 7) is 4.29. The van der Waals surface area contributed by atoms with E-state index in [1.54, 1.807) is 0 Å². The van der Waals surface area contributed by atoms with Crippen molar-refractivity contribution in [1.29, 1.82) is 0 Å². The van der Waals surface area contributed by atoms with Gasteiger partial charge in [0, 0.05) is 3.57 Å². The van der Waals surface area contributed by atoms with E-state index in [2.05, 4.69) is 54.6 Å². The van der Waals surface area contributed by atoms with Gasteiger partial charge in [0.05, 0.1) is 0 Å². The number of hydrogen-bond acceptors (Lipinski definition) is 1. The van der Waals surface area contributed by atoms with Gasteiger partial charge in [0.25, 0.3) is 0 Å². The fraction of sp³-hybridized carbons (Fsp3) is 0.455. The lowest BCUT2D eigenvalue weighted by Gasteiger charge is -2.32. The number of benzene rings is 1. The van der Waals surface area contributed by atoms with E-state index < -0.39 is 0 Å². The highest BCUT2D eigenvalue weighted by atomic mass is 127. The van der Waals surface area contributed by atoms with E-state index in [-0.39, 0.29) is 5.60 Å². The maximum atomic E-state index is 5.87. The van der Waals surface area contributed by atoms with Gasteiger partial charge >= 0.3 is 0 Å². The van der Waals surface area contributed by atoms with E-state index in [1.807, 2.05) is 0 Å². The third-order valence-electron chi connectivity index (χ3n) is 2.41. The minimum Gasteiger partial charge on any atom is -0.488 e. The van der Waals surface area contributed by atoms with E-state index in [0.29, 0.717) is 0 Å². The van der Waals surface area contributed by atoms with Gasteiger partial charge in [-0.1, -0.05) is 0 Å². The van der Waals surface area contributed by atoms with Crippen molar-refractivity contribution in [2.75, 3.05) is 0 Å². The quantitative estimate of drug-likeness (QED) is 0.665. The molecule has 1 aliphatic heterocycles. The van der Waals surface area contributed by atoms with Crippen molar-refractivity contribution in [2.45, 2.75) is 32.3 Å². The van der Waals surface area contributed by atoms with Crippen LogP contribution in [0.25, 0.3) is 0 Å². The number of hydrogen-bond donors (Lipinski definition) is 0. The van der Waals surface area contributed by atoms with Crippen molar-refractivity contribution in [3.05, 3.63) is 27.3 Å². The molecule has 0 radical (unpaired) electrons. The molecule has 1 nitrogen and oxygen atoms in total. The first-order valence-electron chi connectivity index (χ1n) is 4.54. The van der Waals surface area contributed by atoms with E-state index in [1.165, 1.54) is 9.13 Å². The molecule has 0 bridgehead atoms. The molecule has 0 fully saturated rings. The molecule has 0 aromatic heterocycles. The minimum atomic E-state index is 0.0137. The molecule has 13 heavy (non-hydrogen) atoms. The first-order valence-corrected chi connectivity index (χ1v) is 5.62. The van der Waals surface area contributed by atoms with E-state index in [4.69, 9.17) is 4.74 Å². The fourth-order valence-electron chi connectivity index (χ4n) is 1.63. The van der Waals surface area contributed by atoms with Gasteiger partial charge in [-0.3, -0.25) is 0 Å². The van der Waals surface area contributed by atoms with Crippen LogP contribution in [0, 0.1) is 3.57 Å². The number of rotatable bonds is 0. The third kappa shape index (κ3) is 1.98. The molecule has 0 aliphatic carbocycles. The Balaban J connectivity index is 2.37. The smallest absolute Gasteiger partial charge is 0.123 e. The Morgan fingerprint density at radius 1 is 1.38 bits per heavy atom. The van der Waals surface area contributed by atoms with Crippen LogP contribution in [0.3, 0.4) is 0 Å². The van der Waals surface area contributed by atoms with Crippen LogP contribution in [0.5, 0.6) is 5.75 Å². The average Bonchev–Trinajstić information content (AvgIpc) is 2.05. The topological polar surface area (TPSA) is 9.23 Å². The molecule has 0 spiro atoms. The second-order valence-corrected chi connectivity index (χ2v) is 5.36. The van der Waals surface area contributed by atoms with E-state index in [9.17, 15) is 0 Å². The highest BCUT2D eigenvalue weighted by Crippen LogP contribution is 2.33. The summed E-state index contributed by atoms with van der Waals surface area (Å²) in [6.07, 6.45) is 2.25. The zero-order valence-corrected chi connectivity index (χ0v) is 10.1. The summed E-state index contributed by atoms with van der Waals surface area (Å²) in [4.78, 5) is 0. The van der Waals surface area contributed by atoms with Crippen molar-refractivity contribution >= 4 is 22.6 Å². The third-order valence-corrected chi connectivity index (χ3v) is 3.08. The molecule has 1 aromatic rings. The van der Waals surface area contributed by atoms with Crippen LogP contribution in [-0.2, 0) is 6.42 Å². The number of fused-ring (bicyclic) bond motifs is 1. The molecule has 1 aliphatic rings. The summed E-state index contributed by atoms with van der Waals surface area (Å²) in [5.41, 5.74) is 1.37. The van der Waals surface area contributed by atoms with Crippen LogP contribution in [0.15, 0.2) is 18.2 Å². The van der Waals surface area contributed by atoms with Crippen LogP contribution < -0.4 is 4.74 Å². The summed E-state index contributed by atoms with van der Waals surface area (Å²) >= 11 is 2.34. The van der Waals surface area contributed by atoms with Crippen LogP contribution in [-0.4, -0.2) is 5.60 Å². The Hall–Kier alpha value is -0.250. The van der Waals surface area contributed by atoms with Gasteiger partial charge in [-0.25, -0.2) is 0 Å². The van der Waals surface area contributed by atoms with Crippen molar-refractivity contribution in [2.24, 2.45) is 0 Å². The molecular formula is C11H13IO. The predicted molar refractivity (Wildman–Crippen MR) is 62.2 cm³/mol. The van der Waals surface area contributed by atoms with Crippen LogP contribution in [0.4, 0.5) is 0 Å². The summed E-state index contributed by atoms with van der Waals surface area (Å²) < 4.78 is 7.16. The highest BCUT2D eigenvalue weighted by Gasteiger charge is 2.26. The molecule has 2 rings (SSSR count). The first-order chi connectivity index (χ1) is 6.07. The highest BCUT2D eigenvalue weighted by molar-refractivity contribution is 14.1. The predicted octanol–water partition coefficient (Wildman–Crippen LogP) is 3.39. The average molecular weight is 288 g/mol. The van der Waals surface area contributed by atoms with Crippen molar-refractivity contribution in [3.8, 4) is 5.75 Å². The summed E-state index contributed by atoms with van der Waals surface area (Å²) in [7, 11) is 0. The van der Waals surface area contributed by atoms with Crippen LogP contribution in [0.1, 0.15) is 25.8 Å². The molecule has 0 saturated carbocycles. The zero-order chi connectivity index (χ0) is 9.47. The van der Waals surface area contributed by atoms with Crippen LogP contribution in [0.2, 0.25) is 0 Å². The van der Waals surface area contributed by atoms with Crippen LogP contribution >= 0.6 is 22.6 Å². The SMILES string of the molecule is CC1(C)CCc2cc(I)ccc2O1. The van der Waals surface area contributed by atoms with Crippen molar-refractivity contribution < 1.29 is 4.74 Å². The summed E-state index contributed by atoms with van der Waals surface area (Å²) in [6, 6.07) is 6.39. The lowest BCUT2D eigenvalue weighted by molar-refractivity contribution is 0.0846. The summed E-state index contributed by atoms with van der Waals surface area (Å²) in [5.74, 6) is 1.07. The Labute approximate surface area is 92.6 Å². The Morgan fingerprint density at radius 2 is 2.15 bits per heavy atom. The lowest BCUT2D eigenvalue weighted by Crippen LogP contribution is -2.32. The minimum absolute atomic E-state index is 0.0137. The zero-order valence-electron chi connectivity index (χ0n) is 7.93. The second-order valence-electron chi connectivity index (χ2n) is 4.11. The molecule has 0 saturated heterocycles. The molecular weight excluding hydrogens is 275 g/mol. The standard InChI is InChI=1S/C11H13IO/c1-11(2)6-5-8-7-9(12)3-4-10(8)13-11/h3-4,7H,5-6H2,1-2H3. The first kappa shape index (κ1) is 9.31. The van der Waals surface area contributed by atoms with Gasteiger partial charge in [0.1, 0.15) is 11.4 Å². The second kappa shape index (κ2) is 3.15. The number of aryl methyl sites for hydroxylation is 1. The van der Waals surface area contributed by atoms with Gasteiger partial charge < -0.3 is 4.74 Å². The van der Waals surface area contributed by atoms with E-state index >= 15 is 0 Å². The monoisotopic (exact) mass is 288 g/mol. The molecule has 0 atom stereocenters. The molecule has 0 N–H and O–H groups in total. The number of ether oxygens (including phenoxy) is 1. The van der Waals surface area contributed by atoms with Crippen molar-refractivity contribution in [3.63, 3.8) is 0 Å². The normalized spacial score (nSPS) is 19.0. The maximum Gasteiger partial charge on any atom is 0.123 e.